The molecule has 122 valence electrons. The molecule has 1 aliphatic rings. The van der Waals surface area contributed by atoms with Crippen LogP contribution in [-0.2, 0) is 0 Å². The van der Waals surface area contributed by atoms with Crippen molar-refractivity contribution in [2.45, 2.75) is 6.04 Å². The van der Waals surface area contributed by atoms with E-state index in [0.717, 1.165) is 19.6 Å². The van der Waals surface area contributed by atoms with Crippen molar-refractivity contribution in [3.8, 4) is 5.75 Å². The van der Waals surface area contributed by atoms with Gasteiger partial charge >= 0.3 is 0 Å². The lowest BCUT2D eigenvalue weighted by Gasteiger charge is -2.37. The molecule has 1 fully saturated rings. The van der Waals surface area contributed by atoms with Crippen LogP contribution in [0.15, 0.2) is 12.1 Å². The van der Waals surface area contributed by atoms with Crippen molar-refractivity contribution in [3.05, 3.63) is 22.7 Å². The summed E-state index contributed by atoms with van der Waals surface area (Å²) >= 11 is 6.00. The number of nitrogens with two attached hydrogens (primary N) is 1. The summed E-state index contributed by atoms with van der Waals surface area (Å²) in [6.07, 6.45) is 0. The van der Waals surface area contributed by atoms with Crippen molar-refractivity contribution in [3.63, 3.8) is 0 Å². The first-order chi connectivity index (χ1) is 10.4. The van der Waals surface area contributed by atoms with Gasteiger partial charge in [-0.05, 0) is 20.2 Å². The standard InChI is InChI=1S/C15H23ClN4O2/c1-19-4-5-20(2)10(9-19)8-18-15(21)11-6-12(16)13(17)7-14(11)22-3/h6-7,10H,4-5,8-9,17H2,1-3H3,(H,18,21). The number of anilines is 1. The third-order valence-corrected chi connectivity index (χ3v) is 4.37. The number of likely N-dealkylation sites (N-methyl/N-ethyl adjacent to an activating group) is 2. The number of rotatable bonds is 4. The molecule has 1 atom stereocenters. The Kier molecular flexibility index (Phi) is 5.50. The SMILES string of the molecule is COc1cc(N)c(Cl)cc1C(=O)NCC1CN(C)CCN1C. The fourth-order valence-corrected chi connectivity index (χ4v) is 2.71. The third kappa shape index (κ3) is 3.82. The summed E-state index contributed by atoms with van der Waals surface area (Å²) in [5.41, 5.74) is 6.52. The molecule has 0 bridgehead atoms. The summed E-state index contributed by atoms with van der Waals surface area (Å²) in [5.74, 6) is 0.217. The Hall–Kier alpha value is -1.50. The molecule has 7 heteroatoms. The van der Waals surface area contributed by atoms with Crippen molar-refractivity contribution in [1.82, 2.24) is 15.1 Å². The van der Waals surface area contributed by atoms with Crippen molar-refractivity contribution < 1.29 is 9.53 Å². The fourth-order valence-electron chi connectivity index (χ4n) is 2.54. The second-order valence-electron chi connectivity index (χ2n) is 5.68. The van der Waals surface area contributed by atoms with Crippen LogP contribution in [0.4, 0.5) is 5.69 Å². The van der Waals surface area contributed by atoms with Crippen molar-refractivity contribution in [2.75, 3.05) is 53.1 Å². The zero-order valence-corrected chi connectivity index (χ0v) is 14.0. The summed E-state index contributed by atoms with van der Waals surface area (Å²) in [5, 5.41) is 3.30. The average molecular weight is 327 g/mol. The summed E-state index contributed by atoms with van der Waals surface area (Å²) in [6, 6.07) is 3.40. The minimum atomic E-state index is -0.208. The Morgan fingerprint density at radius 1 is 1.45 bits per heavy atom. The van der Waals surface area contributed by atoms with Gasteiger partial charge in [-0.2, -0.15) is 0 Å². The molecule has 0 aromatic heterocycles. The Balaban J connectivity index is 2.04. The molecule has 0 saturated carbocycles. The van der Waals surface area contributed by atoms with Gasteiger partial charge in [-0.15, -0.1) is 0 Å². The van der Waals surface area contributed by atoms with Gasteiger partial charge in [0.25, 0.3) is 5.91 Å². The van der Waals surface area contributed by atoms with E-state index in [4.69, 9.17) is 22.1 Å². The highest BCUT2D eigenvalue weighted by atomic mass is 35.5. The zero-order chi connectivity index (χ0) is 16.3. The normalized spacial score (nSPS) is 19.9. The molecule has 1 unspecified atom stereocenters. The van der Waals surface area contributed by atoms with Crippen molar-refractivity contribution in [2.24, 2.45) is 0 Å². The number of nitrogens with one attached hydrogen (secondary N) is 1. The number of amides is 1. The van der Waals surface area contributed by atoms with Gasteiger partial charge in [0.05, 0.1) is 23.4 Å². The minimum Gasteiger partial charge on any atom is -0.496 e. The Labute approximate surface area is 136 Å². The maximum absolute atomic E-state index is 12.4. The largest absolute Gasteiger partial charge is 0.496 e. The Bertz CT molecular complexity index is 553. The van der Waals surface area contributed by atoms with E-state index >= 15 is 0 Å². The summed E-state index contributed by atoms with van der Waals surface area (Å²) in [7, 11) is 5.67. The van der Waals surface area contributed by atoms with E-state index in [-0.39, 0.29) is 11.9 Å². The van der Waals surface area contributed by atoms with Crippen LogP contribution < -0.4 is 15.8 Å². The second kappa shape index (κ2) is 7.17. The lowest BCUT2D eigenvalue weighted by atomic mass is 10.1. The molecule has 0 aliphatic carbocycles. The molecule has 1 amide bonds. The van der Waals surface area contributed by atoms with Crippen molar-refractivity contribution >= 4 is 23.2 Å². The van der Waals surface area contributed by atoms with Crippen LogP contribution in [0.5, 0.6) is 5.75 Å². The first-order valence-electron chi connectivity index (χ1n) is 7.22. The molecule has 1 aliphatic heterocycles. The lowest BCUT2D eigenvalue weighted by Crippen LogP contribution is -2.54. The van der Waals surface area contributed by atoms with E-state index in [2.05, 4.69) is 29.2 Å². The van der Waals surface area contributed by atoms with Gasteiger partial charge in [0.2, 0.25) is 0 Å². The fraction of sp³-hybridized carbons (Fsp3) is 0.533. The van der Waals surface area contributed by atoms with Crippen LogP contribution in [0.25, 0.3) is 0 Å². The molecular weight excluding hydrogens is 304 g/mol. The first kappa shape index (κ1) is 16.9. The van der Waals surface area contributed by atoms with Crippen LogP contribution in [0.1, 0.15) is 10.4 Å². The Morgan fingerprint density at radius 2 is 2.18 bits per heavy atom. The van der Waals surface area contributed by atoms with Gasteiger partial charge in [0.1, 0.15) is 5.75 Å². The lowest BCUT2D eigenvalue weighted by molar-refractivity contribution is 0.0878. The monoisotopic (exact) mass is 326 g/mol. The molecule has 0 radical (unpaired) electrons. The first-order valence-corrected chi connectivity index (χ1v) is 7.60. The van der Waals surface area contributed by atoms with Crippen LogP contribution in [0, 0.1) is 0 Å². The zero-order valence-electron chi connectivity index (χ0n) is 13.2. The number of ether oxygens (including phenoxy) is 1. The van der Waals surface area contributed by atoms with Gasteiger partial charge in [-0.1, -0.05) is 11.6 Å². The molecule has 1 aromatic carbocycles. The number of carbonyl (C=O) groups excluding carboxylic acids is 1. The number of methoxy groups -OCH3 is 1. The van der Waals surface area contributed by atoms with E-state index in [9.17, 15) is 4.79 Å². The van der Waals surface area contributed by atoms with Gasteiger partial charge in [0, 0.05) is 38.3 Å². The number of halogens is 1. The number of carbonyl (C=O) groups is 1. The van der Waals surface area contributed by atoms with Gasteiger partial charge in [-0.3, -0.25) is 9.69 Å². The van der Waals surface area contributed by atoms with Crippen LogP contribution in [0.3, 0.4) is 0 Å². The minimum absolute atomic E-state index is 0.208. The number of nitrogen functional groups attached to an aromatic ring is 1. The van der Waals surface area contributed by atoms with Gasteiger partial charge < -0.3 is 20.7 Å². The average Bonchev–Trinajstić information content (AvgIpc) is 2.50. The molecule has 1 saturated heterocycles. The van der Waals surface area contributed by atoms with E-state index in [1.54, 1.807) is 12.1 Å². The second-order valence-corrected chi connectivity index (χ2v) is 6.09. The molecule has 6 nitrogen and oxygen atoms in total. The van der Waals surface area contributed by atoms with Crippen LogP contribution >= 0.6 is 11.6 Å². The molecule has 3 N–H and O–H groups in total. The maximum Gasteiger partial charge on any atom is 0.255 e. The number of hydrogen-bond acceptors (Lipinski definition) is 5. The molecule has 2 rings (SSSR count). The molecule has 22 heavy (non-hydrogen) atoms. The van der Waals surface area contributed by atoms with Crippen LogP contribution in [-0.4, -0.2) is 69.1 Å². The molecule has 0 spiro atoms. The number of nitrogens with zero attached hydrogens (tertiary/aromatic N) is 2. The highest BCUT2D eigenvalue weighted by Gasteiger charge is 2.23. The molecule has 1 aromatic rings. The summed E-state index contributed by atoms with van der Waals surface area (Å²) < 4.78 is 5.21. The van der Waals surface area contributed by atoms with E-state index in [0.29, 0.717) is 28.6 Å². The van der Waals surface area contributed by atoms with E-state index in [1.807, 2.05) is 0 Å². The number of piperazine rings is 1. The highest BCUT2D eigenvalue weighted by molar-refractivity contribution is 6.33. The van der Waals surface area contributed by atoms with E-state index < -0.39 is 0 Å². The predicted octanol–water partition coefficient (Wildman–Crippen LogP) is 0.906. The van der Waals surface area contributed by atoms with Gasteiger partial charge in [0.15, 0.2) is 0 Å². The maximum atomic E-state index is 12.4. The third-order valence-electron chi connectivity index (χ3n) is 4.04. The smallest absolute Gasteiger partial charge is 0.255 e. The Morgan fingerprint density at radius 3 is 2.86 bits per heavy atom. The molecular formula is C15H23ClN4O2. The van der Waals surface area contributed by atoms with Crippen molar-refractivity contribution in [1.29, 1.82) is 0 Å². The predicted molar refractivity (Wildman–Crippen MR) is 88.7 cm³/mol. The number of benzene rings is 1. The molecule has 1 heterocycles. The summed E-state index contributed by atoms with van der Waals surface area (Å²) in [6.45, 7) is 3.54. The highest BCUT2D eigenvalue weighted by Crippen LogP contribution is 2.28. The van der Waals surface area contributed by atoms with Gasteiger partial charge in [-0.25, -0.2) is 0 Å². The topological polar surface area (TPSA) is 70.8 Å². The quantitative estimate of drug-likeness (QED) is 0.805. The van der Waals surface area contributed by atoms with Crippen LogP contribution in [0.2, 0.25) is 5.02 Å². The van der Waals surface area contributed by atoms with E-state index in [1.165, 1.54) is 7.11 Å². The summed E-state index contributed by atoms with van der Waals surface area (Å²) in [4.78, 5) is 16.9. The number of hydrogen-bond donors (Lipinski definition) is 2.